The van der Waals surface area contributed by atoms with E-state index in [1.807, 2.05) is 0 Å². The van der Waals surface area contributed by atoms with E-state index in [1.165, 1.54) is 20.0 Å². The summed E-state index contributed by atoms with van der Waals surface area (Å²) in [6.45, 7) is 2.16. The summed E-state index contributed by atoms with van der Waals surface area (Å²) in [5, 5.41) is 8.62. The first-order valence-corrected chi connectivity index (χ1v) is 6.08. The van der Waals surface area contributed by atoms with Crippen LogP contribution < -0.4 is 0 Å². The number of aliphatic hydroxyl groups excluding tert-OH is 1. The first kappa shape index (κ1) is 15.8. The van der Waals surface area contributed by atoms with E-state index in [9.17, 15) is 4.79 Å². The van der Waals surface area contributed by atoms with Crippen molar-refractivity contribution in [3.05, 3.63) is 0 Å². The van der Waals surface area contributed by atoms with Crippen molar-refractivity contribution in [1.29, 1.82) is 0 Å². The van der Waals surface area contributed by atoms with Crippen LogP contribution in [0.4, 0.5) is 4.79 Å². The Balaban J connectivity index is 4.02. The van der Waals surface area contributed by atoms with Gasteiger partial charge in [-0.25, -0.2) is 4.79 Å². The van der Waals surface area contributed by atoms with E-state index < -0.39 is 12.3 Å². The molecule has 0 amide bonds. The highest BCUT2D eigenvalue weighted by molar-refractivity contribution is 5.60. The average Bonchev–Trinajstić information content (AvgIpc) is 2.34. The van der Waals surface area contributed by atoms with Gasteiger partial charge in [-0.2, -0.15) is 0 Å². The third-order valence-electron chi connectivity index (χ3n) is 2.22. The summed E-state index contributed by atoms with van der Waals surface area (Å²) >= 11 is 0. The standard InChI is InChI=1S/C13H22O4/c1-3-4-5-6-9-12(10-7-8-11-14)17-13(15)16-2/h12,14H,3-6,8-9,11H2,1-2H3. The normalized spacial score (nSPS) is 11.2. The molecule has 0 spiro atoms. The second-order valence-electron chi connectivity index (χ2n) is 3.70. The molecule has 0 aliphatic carbocycles. The van der Waals surface area contributed by atoms with Gasteiger partial charge in [0.05, 0.1) is 13.7 Å². The number of aliphatic hydroxyl groups is 1. The highest BCUT2D eigenvalue weighted by Crippen LogP contribution is 2.08. The van der Waals surface area contributed by atoms with Gasteiger partial charge in [-0.3, -0.25) is 0 Å². The molecule has 0 saturated heterocycles. The van der Waals surface area contributed by atoms with E-state index in [0.29, 0.717) is 12.8 Å². The largest absolute Gasteiger partial charge is 0.509 e. The van der Waals surface area contributed by atoms with Crippen molar-refractivity contribution in [2.24, 2.45) is 0 Å². The molecule has 1 N–H and O–H groups in total. The van der Waals surface area contributed by atoms with E-state index in [1.54, 1.807) is 0 Å². The van der Waals surface area contributed by atoms with Gasteiger partial charge in [0.25, 0.3) is 0 Å². The molecule has 4 nitrogen and oxygen atoms in total. The molecular formula is C13H22O4. The van der Waals surface area contributed by atoms with Gasteiger partial charge < -0.3 is 14.6 Å². The minimum Gasteiger partial charge on any atom is -0.438 e. The smallest absolute Gasteiger partial charge is 0.438 e. The van der Waals surface area contributed by atoms with E-state index >= 15 is 0 Å². The first-order valence-electron chi connectivity index (χ1n) is 6.08. The molecule has 0 heterocycles. The van der Waals surface area contributed by atoms with Gasteiger partial charge >= 0.3 is 6.16 Å². The molecule has 0 fully saturated rings. The molecule has 1 atom stereocenters. The molecule has 0 aromatic rings. The topological polar surface area (TPSA) is 55.8 Å². The van der Waals surface area contributed by atoms with Crippen molar-refractivity contribution < 1.29 is 19.4 Å². The summed E-state index contributed by atoms with van der Waals surface area (Å²) in [5.41, 5.74) is 0. The Hall–Kier alpha value is -1.21. The first-order chi connectivity index (χ1) is 8.24. The van der Waals surface area contributed by atoms with E-state index in [4.69, 9.17) is 9.84 Å². The maximum atomic E-state index is 11.0. The third kappa shape index (κ3) is 9.70. The number of hydrogen-bond acceptors (Lipinski definition) is 4. The summed E-state index contributed by atoms with van der Waals surface area (Å²) < 4.78 is 9.45. The number of carbonyl (C=O) groups excluding carboxylic acids is 1. The lowest BCUT2D eigenvalue weighted by atomic mass is 10.1. The molecule has 98 valence electrons. The SMILES string of the molecule is CCCCCCC(C#CCCO)OC(=O)OC. The summed E-state index contributed by atoms with van der Waals surface area (Å²) in [6.07, 6.45) is 4.41. The van der Waals surface area contributed by atoms with Crippen molar-refractivity contribution in [2.75, 3.05) is 13.7 Å². The number of unbranched alkanes of at least 4 members (excludes halogenated alkanes) is 3. The van der Waals surface area contributed by atoms with Crippen molar-refractivity contribution in [3.8, 4) is 11.8 Å². The van der Waals surface area contributed by atoms with E-state index in [0.717, 1.165) is 12.8 Å². The maximum Gasteiger partial charge on any atom is 0.509 e. The molecule has 0 aromatic carbocycles. The van der Waals surface area contributed by atoms with Crippen LogP contribution in [0, 0.1) is 11.8 Å². The minimum absolute atomic E-state index is 0.0216. The van der Waals surface area contributed by atoms with Crippen LogP contribution in [0.25, 0.3) is 0 Å². The predicted octanol–water partition coefficient (Wildman–Crippen LogP) is 2.49. The predicted molar refractivity (Wildman–Crippen MR) is 65.5 cm³/mol. The number of ether oxygens (including phenoxy) is 2. The number of carbonyl (C=O) groups is 1. The fraction of sp³-hybridized carbons (Fsp3) is 0.769. The summed E-state index contributed by atoms with van der Waals surface area (Å²) in [7, 11) is 1.28. The summed E-state index contributed by atoms with van der Waals surface area (Å²) in [5.74, 6) is 5.60. The van der Waals surface area contributed by atoms with E-state index in [2.05, 4.69) is 23.5 Å². The molecule has 0 aliphatic rings. The fourth-order valence-corrected chi connectivity index (χ4v) is 1.32. The fourth-order valence-electron chi connectivity index (χ4n) is 1.32. The average molecular weight is 242 g/mol. The third-order valence-corrected chi connectivity index (χ3v) is 2.22. The van der Waals surface area contributed by atoms with Crippen molar-refractivity contribution in [3.63, 3.8) is 0 Å². The Bertz CT molecular complexity index is 252. The highest BCUT2D eigenvalue weighted by Gasteiger charge is 2.11. The minimum atomic E-state index is -0.705. The van der Waals surface area contributed by atoms with Crippen molar-refractivity contribution in [1.82, 2.24) is 0 Å². The molecule has 4 heteroatoms. The van der Waals surface area contributed by atoms with Crippen molar-refractivity contribution >= 4 is 6.16 Å². The molecule has 1 unspecified atom stereocenters. The van der Waals surface area contributed by atoms with Crippen LogP contribution in [0.1, 0.15) is 45.4 Å². The number of methoxy groups -OCH3 is 1. The Labute approximate surface area is 103 Å². The van der Waals surface area contributed by atoms with E-state index in [-0.39, 0.29) is 6.61 Å². The molecule has 0 aromatic heterocycles. The molecule has 0 bridgehead atoms. The Kier molecular flexibility index (Phi) is 10.5. The Morgan fingerprint density at radius 3 is 2.71 bits per heavy atom. The summed E-state index contributed by atoms with van der Waals surface area (Å²) in [6, 6.07) is 0. The lowest BCUT2D eigenvalue weighted by Crippen LogP contribution is -2.16. The van der Waals surface area contributed by atoms with Gasteiger partial charge in [0.2, 0.25) is 0 Å². The second-order valence-corrected chi connectivity index (χ2v) is 3.70. The molecule has 0 rings (SSSR count). The maximum absolute atomic E-state index is 11.0. The zero-order valence-electron chi connectivity index (χ0n) is 10.7. The summed E-state index contributed by atoms with van der Waals surface area (Å²) in [4.78, 5) is 11.0. The van der Waals surface area contributed by atoms with Crippen LogP contribution in [-0.2, 0) is 9.47 Å². The van der Waals surface area contributed by atoms with Crippen LogP contribution in [0.5, 0.6) is 0 Å². The molecular weight excluding hydrogens is 220 g/mol. The lowest BCUT2D eigenvalue weighted by molar-refractivity contribution is 0.0521. The van der Waals surface area contributed by atoms with Gasteiger partial charge in [-0.05, 0) is 12.8 Å². The monoisotopic (exact) mass is 242 g/mol. The van der Waals surface area contributed by atoms with Gasteiger partial charge in [0.15, 0.2) is 6.10 Å². The second kappa shape index (κ2) is 11.3. The van der Waals surface area contributed by atoms with Crippen LogP contribution in [-0.4, -0.2) is 31.1 Å². The van der Waals surface area contributed by atoms with Gasteiger partial charge in [0, 0.05) is 6.42 Å². The Morgan fingerprint density at radius 1 is 1.35 bits per heavy atom. The Morgan fingerprint density at radius 2 is 2.12 bits per heavy atom. The quantitative estimate of drug-likeness (QED) is 0.423. The zero-order chi connectivity index (χ0) is 12.9. The van der Waals surface area contributed by atoms with Crippen LogP contribution in [0.2, 0.25) is 0 Å². The van der Waals surface area contributed by atoms with Gasteiger partial charge in [-0.15, -0.1) is 0 Å². The van der Waals surface area contributed by atoms with Gasteiger partial charge in [0.1, 0.15) is 0 Å². The van der Waals surface area contributed by atoms with Crippen molar-refractivity contribution in [2.45, 2.75) is 51.6 Å². The van der Waals surface area contributed by atoms with Crippen LogP contribution in [0.3, 0.4) is 0 Å². The molecule has 0 radical (unpaired) electrons. The van der Waals surface area contributed by atoms with Gasteiger partial charge in [-0.1, -0.05) is 38.0 Å². The molecule has 0 aliphatic heterocycles. The zero-order valence-corrected chi connectivity index (χ0v) is 10.7. The number of hydrogen-bond donors (Lipinski definition) is 1. The molecule has 17 heavy (non-hydrogen) atoms. The number of rotatable bonds is 7. The lowest BCUT2D eigenvalue weighted by Gasteiger charge is -2.10. The van der Waals surface area contributed by atoms with Crippen LogP contribution in [0.15, 0.2) is 0 Å². The highest BCUT2D eigenvalue weighted by atomic mass is 16.7. The molecule has 0 saturated carbocycles. The van der Waals surface area contributed by atoms with Crippen LogP contribution >= 0.6 is 0 Å².